The summed E-state index contributed by atoms with van der Waals surface area (Å²) in [5, 5.41) is 10.1. The van der Waals surface area contributed by atoms with Crippen LogP contribution >= 0.6 is 12.6 Å². The van der Waals surface area contributed by atoms with Crippen molar-refractivity contribution in [3.05, 3.63) is 0 Å². The number of aliphatic hydroxyl groups is 1. The highest BCUT2D eigenvalue weighted by Gasteiger charge is 2.33. The van der Waals surface area contributed by atoms with Crippen LogP contribution in [0.4, 0.5) is 0 Å². The average Bonchev–Trinajstić information content (AvgIpc) is 2.27. The fourth-order valence-corrected chi connectivity index (χ4v) is 2.61. The van der Waals surface area contributed by atoms with Crippen LogP contribution in [-0.4, -0.2) is 16.1 Å². The number of nitrogens with two attached hydrogens (primary N) is 1. The fraction of sp³-hybridized carbons (Fsp3) is 1.00. The highest BCUT2D eigenvalue weighted by Crippen LogP contribution is 2.31. The van der Waals surface area contributed by atoms with Crippen LogP contribution in [-0.2, 0) is 0 Å². The van der Waals surface area contributed by atoms with E-state index in [1.807, 2.05) is 13.8 Å². The molecule has 2 nitrogen and oxygen atoms in total. The lowest BCUT2D eigenvalue weighted by molar-refractivity contribution is 0.0903. The van der Waals surface area contributed by atoms with Gasteiger partial charge in [0.1, 0.15) is 0 Å². The molecule has 0 saturated heterocycles. The predicted molar refractivity (Wildman–Crippen MR) is 72.6 cm³/mol. The van der Waals surface area contributed by atoms with Crippen LogP contribution in [0.5, 0.6) is 0 Å². The Morgan fingerprint density at radius 3 is 2.38 bits per heavy atom. The number of aliphatic hydroxyl groups excluding tert-OH is 1. The molecule has 0 aromatic heterocycles. The van der Waals surface area contributed by atoms with Crippen molar-refractivity contribution in [3.63, 3.8) is 0 Å². The van der Waals surface area contributed by atoms with Crippen LogP contribution in [0.1, 0.15) is 58.8 Å². The Morgan fingerprint density at radius 2 is 1.88 bits per heavy atom. The molecule has 96 valence electrons. The fourth-order valence-electron chi connectivity index (χ4n) is 2.49. The Kier molecular flexibility index (Phi) is 5.62. The molecule has 0 aliphatic heterocycles. The van der Waals surface area contributed by atoms with Crippen LogP contribution in [0.3, 0.4) is 0 Å². The van der Waals surface area contributed by atoms with Crippen molar-refractivity contribution in [2.45, 2.75) is 69.8 Å². The maximum atomic E-state index is 10.1. The molecule has 1 fully saturated rings. The lowest BCUT2D eigenvalue weighted by Gasteiger charge is -2.34. The summed E-state index contributed by atoms with van der Waals surface area (Å²) in [7, 11) is 0. The third kappa shape index (κ3) is 3.94. The van der Waals surface area contributed by atoms with Gasteiger partial charge in [0.25, 0.3) is 0 Å². The molecular weight excluding hydrogens is 218 g/mol. The van der Waals surface area contributed by atoms with Gasteiger partial charge < -0.3 is 10.8 Å². The van der Waals surface area contributed by atoms with E-state index in [0.717, 1.165) is 18.8 Å². The van der Waals surface area contributed by atoms with Gasteiger partial charge >= 0.3 is 0 Å². The van der Waals surface area contributed by atoms with Gasteiger partial charge in [0.15, 0.2) is 0 Å². The van der Waals surface area contributed by atoms with E-state index >= 15 is 0 Å². The molecule has 16 heavy (non-hydrogen) atoms. The first-order valence-corrected chi connectivity index (χ1v) is 7.08. The number of rotatable bonds is 5. The summed E-state index contributed by atoms with van der Waals surface area (Å²) >= 11 is 4.40. The second kappa shape index (κ2) is 6.27. The van der Waals surface area contributed by atoms with Gasteiger partial charge in [0.05, 0.1) is 11.0 Å². The minimum absolute atomic E-state index is 0.192. The first kappa shape index (κ1) is 14.3. The van der Waals surface area contributed by atoms with Crippen LogP contribution in [0.15, 0.2) is 0 Å². The summed E-state index contributed by atoms with van der Waals surface area (Å²) in [6.45, 7) is 4.02. The Hall–Kier alpha value is 0.270. The summed E-state index contributed by atoms with van der Waals surface area (Å²) in [6, 6.07) is 0. The Balaban J connectivity index is 2.30. The molecule has 1 rings (SSSR count). The zero-order valence-electron chi connectivity index (χ0n) is 10.7. The summed E-state index contributed by atoms with van der Waals surface area (Å²) < 4.78 is 0. The molecule has 1 aliphatic rings. The quantitative estimate of drug-likeness (QED) is 0.515. The van der Waals surface area contributed by atoms with Gasteiger partial charge in [-0.3, -0.25) is 0 Å². The first-order chi connectivity index (χ1) is 7.44. The topological polar surface area (TPSA) is 46.2 Å². The van der Waals surface area contributed by atoms with Gasteiger partial charge in [-0.2, -0.15) is 12.6 Å². The second-order valence-corrected chi connectivity index (χ2v) is 6.41. The van der Waals surface area contributed by atoms with Crippen molar-refractivity contribution in [1.82, 2.24) is 0 Å². The van der Waals surface area contributed by atoms with E-state index in [4.69, 9.17) is 5.73 Å². The van der Waals surface area contributed by atoms with Crippen molar-refractivity contribution in [2.75, 3.05) is 0 Å². The maximum Gasteiger partial charge on any atom is 0.0876 e. The molecule has 0 aromatic rings. The first-order valence-electron chi connectivity index (χ1n) is 6.64. The number of thiol groups is 1. The largest absolute Gasteiger partial charge is 0.390 e. The molecule has 0 heterocycles. The normalized spacial score (nSPS) is 24.4. The predicted octanol–water partition coefficient (Wildman–Crippen LogP) is 2.95. The van der Waals surface area contributed by atoms with Crippen LogP contribution in [0.2, 0.25) is 0 Å². The van der Waals surface area contributed by atoms with E-state index in [0.29, 0.717) is 0 Å². The summed E-state index contributed by atoms with van der Waals surface area (Å²) in [6.07, 6.45) is 8.18. The van der Waals surface area contributed by atoms with Gasteiger partial charge in [-0.25, -0.2) is 0 Å². The molecule has 0 bridgehead atoms. The van der Waals surface area contributed by atoms with E-state index in [2.05, 4.69) is 12.6 Å². The Bertz CT molecular complexity index is 200. The summed E-state index contributed by atoms with van der Waals surface area (Å²) in [5.41, 5.74) is 6.03. The SMILES string of the molecule is CC(C)C(N)(S)C(O)CCC1CCCCC1. The van der Waals surface area contributed by atoms with E-state index in [1.165, 1.54) is 32.1 Å². The summed E-state index contributed by atoms with van der Waals surface area (Å²) in [5.74, 6) is 0.997. The molecule has 3 heteroatoms. The second-order valence-electron chi connectivity index (χ2n) is 5.64. The zero-order valence-corrected chi connectivity index (χ0v) is 11.5. The highest BCUT2D eigenvalue weighted by molar-refractivity contribution is 7.81. The van der Waals surface area contributed by atoms with Crippen LogP contribution in [0, 0.1) is 11.8 Å². The summed E-state index contributed by atoms with van der Waals surface area (Å²) in [4.78, 5) is -0.741. The number of hydrogen-bond donors (Lipinski definition) is 3. The third-order valence-corrected chi connectivity index (χ3v) is 4.85. The molecule has 0 radical (unpaired) electrons. The highest BCUT2D eigenvalue weighted by atomic mass is 32.1. The molecule has 2 unspecified atom stereocenters. The van der Waals surface area contributed by atoms with Crippen molar-refractivity contribution < 1.29 is 5.11 Å². The monoisotopic (exact) mass is 245 g/mol. The van der Waals surface area contributed by atoms with Crippen LogP contribution in [0.25, 0.3) is 0 Å². The molecule has 1 saturated carbocycles. The smallest absolute Gasteiger partial charge is 0.0876 e. The average molecular weight is 245 g/mol. The van der Waals surface area contributed by atoms with E-state index in [9.17, 15) is 5.11 Å². The molecule has 0 aromatic carbocycles. The Labute approximate surface area is 105 Å². The lowest BCUT2D eigenvalue weighted by Crippen LogP contribution is -2.50. The minimum Gasteiger partial charge on any atom is -0.390 e. The zero-order chi connectivity index (χ0) is 12.2. The molecular formula is C13H27NOS. The van der Waals surface area contributed by atoms with E-state index in [1.54, 1.807) is 0 Å². The van der Waals surface area contributed by atoms with Gasteiger partial charge in [-0.05, 0) is 24.7 Å². The maximum absolute atomic E-state index is 10.1. The Morgan fingerprint density at radius 1 is 1.31 bits per heavy atom. The van der Waals surface area contributed by atoms with Gasteiger partial charge in [-0.1, -0.05) is 46.0 Å². The van der Waals surface area contributed by atoms with Gasteiger partial charge in [0, 0.05) is 0 Å². The van der Waals surface area contributed by atoms with Crippen LogP contribution < -0.4 is 5.73 Å². The van der Waals surface area contributed by atoms with Crippen molar-refractivity contribution in [1.29, 1.82) is 0 Å². The van der Waals surface area contributed by atoms with Gasteiger partial charge in [0.2, 0.25) is 0 Å². The van der Waals surface area contributed by atoms with E-state index in [-0.39, 0.29) is 5.92 Å². The molecule has 1 aliphatic carbocycles. The standard InChI is InChI=1S/C13H27NOS/c1-10(2)13(14,16)12(15)9-8-11-6-4-3-5-7-11/h10-12,15-16H,3-9,14H2,1-2H3. The minimum atomic E-state index is -0.741. The van der Waals surface area contributed by atoms with Crippen molar-refractivity contribution >= 4 is 12.6 Å². The molecule has 0 amide bonds. The lowest BCUT2D eigenvalue weighted by atomic mass is 9.84. The van der Waals surface area contributed by atoms with Crippen molar-refractivity contribution in [2.24, 2.45) is 17.6 Å². The molecule has 0 spiro atoms. The number of hydrogen-bond acceptors (Lipinski definition) is 3. The van der Waals surface area contributed by atoms with E-state index < -0.39 is 11.0 Å². The third-order valence-electron chi connectivity index (χ3n) is 4.03. The molecule has 3 N–H and O–H groups in total. The van der Waals surface area contributed by atoms with Crippen molar-refractivity contribution in [3.8, 4) is 0 Å². The van der Waals surface area contributed by atoms with Gasteiger partial charge in [-0.15, -0.1) is 0 Å². The molecule has 2 atom stereocenters.